The maximum absolute atomic E-state index is 10.5. The molecular weight excluding hydrogens is 246 g/mol. The molecule has 0 saturated heterocycles. The Labute approximate surface area is 112 Å². The van der Waals surface area contributed by atoms with Gasteiger partial charge in [-0.05, 0) is 37.2 Å². The van der Waals surface area contributed by atoms with Crippen LogP contribution >= 0.6 is 0 Å². The summed E-state index contributed by atoms with van der Waals surface area (Å²) in [6, 6.07) is 5.93. The third-order valence-electron chi connectivity index (χ3n) is 3.16. The van der Waals surface area contributed by atoms with Gasteiger partial charge < -0.3 is 14.6 Å². The van der Waals surface area contributed by atoms with Crippen LogP contribution in [0.15, 0.2) is 18.2 Å². The van der Waals surface area contributed by atoms with Gasteiger partial charge in [-0.25, -0.2) is 0 Å². The van der Waals surface area contributed by atoms with E-state index < -0.39 is 5.97 Å². The highest BCUT2D eigenvalue weighted by Crippen LogP contribution is 2.32. The number of fused-ring (bicyclic) bond motifs is 1. The van der Waals surface area contributed by atoms with Crippen LogP contribution < -0.4 is 9.47 Å². The lowest BCUT2D eigenvalue weighted by Gasteiger charge is -2.20. The minimum atomic E-state index is -0.737. The van der Waals surface area contributed by atoms with Crippen molar-refractivity contribution >= 4 is 5.97 Å². The number of hydrogen-bond acceptors (Lipinski definition) is 4. The number of hydrogen-bond donors (Lipinski definition) is 1. The van der Waals surface area contributed by atoms with E-state index in [-0.39, 0.29) is 13.2 Å². The highest BCUT2D eigenvalue weighted by atomic mass is 16.7. The van der Waals surface area contributed by atoms with Gasteiger partial charge in [0.05, 0.1) is 0 Å². The average Bonchev–Trinajstić information content (AvgIpc) is 2.84. The van der Waals surface area contributed by atoms with E-state index in [1.165, 1.54) is 0 Å². The van der Waals surface area contributed by atoms with Gasteiger partial charge in [-0.3, -0.25) is 9.69 Å². The van der Waals surface area contributed by atoms with Gasteiger partial charge in [-0.15, -0.1) is 0 Å². The first-order valence-corrected chi connectivity index (χ1v) is 6.51. The summed E-state index contributed by atoms with van der Waals surface area (Å²) in [7, 11) is 0. The maximum Gasteiger partial charge on any atom is 0.303 e. The van der Waals surface area contributed by atoms with Crippen molar-refractivity contribution in [2.24, 2.45) is 0 Å². The lowest BCUT2D eigenvalue weighted by atomic mass is 10.2. The zero-order chi connectivity index (χ0) is 13.7. The molecule has 0 amide bonds. The molecule has 0 bridgehead atoms. The van der Waals surface area contributed by atoms with E-state index in [0.717, 1.165) is 36.7 Å². The highest BCUT2D eigenvalue weighted by Gasteiger charge is 2.14. The fraction of sp³-hybridized carbons (Fsp3) is 0.500. The number of carboxylic acid groups (broad SMARTS) is 1. The predicted molar refractivity (Wildman–Crippen MR) is 70.4 cm³/mol. The molecule has 104 valence electrons. The molecule has 1 aromatic rings. The van der Waals surface area contributed by atoms with Gasteiger partial charge in [-0.1, -0.05) is 13.0 Å². The molecule has 1 aromatic carbocycles. The molecule has 0 unspecified atom stereocenters. The molecular formula is C14H19NO4. The van der Waals surface area contributed by atoms with E-state index >= 15 is 0 Å². The smallest absolute Gasteiger partial charge is 0.303 e. The van der Waals surface area contributed by atoms with Crippen LogP contribution in [0.2, 0.25) is 0 Å². The summed E-state index contributed by atoms with van der Waals surface area (Å²) in [6.07, 6.45) is 0.894. The Morgan fingerprint density at radius 2 is 2.16 bits per heavy atom. The summed E-state index contributed by atoms with van der Waals surface area (Å²) in [6.45, 7) is 4.85. The van der Waals surface area contributed by atoms with Gasteiger partial charge in [0.1, 0.15) is 0 Å². The van der Waals surface area contributed by atoms with E-state index in [2.05, 4.69) is 11.8 Å². The predicted octanol–water partition coefficient (Wildman–Crippen LogP) is 2.10. The molecule has 0 aliphatic carbocycles. The Morgan fingerprint density at radius 3 is 2.89 bits per heavy atom. The number of ether oxygens (including phenoxy) is 2. The molecule has 0 saturated carbocycles. The van der Waals surface area contributed by atoms with Crippen molar-refractivity contribution in [3.63, 3.8) is 0 Å². The van der Waals surface area contributed by atoms with Crippen molar-refractivity contribution in [3.05, 3.63) is 23.8 Å². The molecule has 0 spiro atoms. The second kappa shape index (κ2) is 6.43. The van der Waals surface area contributed by atoms with Gasteiger partial charge in [0.25, 0.3) is 0 Å². The molecule has 0 aromatic heterocycles. The van der Waals surface area contributed by atoms with E-state index in [4.69, 9.17) is 14.6 Å². The Bertz CT molecular complexity index is 447. The standard InChI is InChI=1S/C14H19NO4/c1-2-15(7-3-4-14(16)17)9-11-5-6-12-13(8-11)19-10-18-12/h5-6,8H,2-4,7,9-10H2,1H3,(H,16,17). The van der Waals surface area contributed by atoms with Crippen molar-refractivity contribution in [2.75, 3.05) is 19.9 Å². The Hall–Kier alpha value is -1.75. The molecule has 1 N–H and O–H groups in total. The molecule has 5 heteroatoms. The Morgan fingerprint density at radius 1 is 1.37 bits per heavy atom. The number of rotatable bonds is 7. The first-order valence-electron chi connectivity index (χ1n) is 6.51. The van der Waals surface area contributed by atoms with E-state index in [9.17, 15) is 4.79 Å². The molecule has 1 aliphatic heterocycles. The van der Waals surface area contributed by atoms with Crippen LogP contribution in [0.1, 0.15) is 25.3 Å². The van der Waals surface area contributed by atoms with Crippen molar-refractivity contribution in [2.45, 2.75) is 26.3 Å². The number of carbonyl (C=O) groups is 1. The maximum atomic E-state index is 10.5. The summed E-state index contributed by atoms with van der Waals surface area (Å²) in [5, 5.41) is 8.65. The van der Waals surface area contributed by atoms with E-state index in [1.54, 1.807) is 0 Å². The molecule has 5 nitrogen and oxygen atoms in total. The summed E-state index contributed by atoms with van der Waals surface area (Å²) in [5.74, 6) is 0.843. The first kappa shape index (κ1) is 13.7. The first-order chi connectivity index (χ1) is 9.19. The third-order valence-corrected chi connectivity index (χ3v) is 3.16. The Kier molecular flexibility index (Phi) is 4.63. The molecule has 19 heavy (non-hydrogen) atoms. The van der Waals surface area contributed by atoms with E-state index in [1.807, 2.05) is 18.2 Å². The monoisotopic (exact) mass is 265 g/mol. The number of benzene rings is 1. The molecule has 0 radical (unpaired) electrons. The second-order valence-electron chi connectivity index (χ2n) is 4.55. The molecule has 0 atom stereocenters. The van der Waals surface area contributed by atoms with Crippen LogP contribution in [0.3, 0.4) is 0 Å². The van der Waals surface area contributed by atoms with Crippen molar-refractivity contribution in [1.29, 1.82) is 0 Å². The summed E-state index contributed by atoms with van der Waals surface area (Å²) < 4.78 is 10.6. The molecule has 1 heterocycles. The zero-order valence-corrected chi connectivity index (χ0v) is 11.1. The summed E-state index contributed by atoms with van der Waals surface area (Å²) >= 11 is 0. The molecule has 2 rings (SSSR count). The summed E-state index contributed by atoms with van der Waals surface area (Å²) in [4.78, 5) is 12.7. The molecule has 1 aliphatic rings. The normalized spacial score (nSPS) is 12.9. The van der Waals surface area contributed by atoms with Gasteiger partial charge in [0.2, 0.25) is 6.79 Å². The summed E-state index contributed by atoms with van der Waals surface area (Å²) in [5.41, 5.74) is 1.15. The zero-order valence-electron chi connectivity index (χ0n) is 11.1. The van der Waals surface area contributed by atoms with Gasteiger partial charge in [0, 0.05) is 13.0 Å². The average molecular weight is 265 g/mol. The van der Waals surface area contributed by atoms with Crippen LogP contribution in [-0.2, 0) is 11.3 Å². The number of aliphatic carboxylic acids is 1. The largest absolute Gasteiger partial charge is 0.481 e. The fourth-order valence-corrected chi connectivity index (χ4v) is 2.10. The van der Waals surface area contributed by atoms with Crippen LogP contribution in [0.4, 0.5) is 0 Å². The van der Waals surface area contributed by atoms with Crippen molar-refractivity contribution in [1.82, 2.24) is 4.90 Å². The van der Waals surface area contributed by atoms with Crippen LogP contribution in [0.5, 0.6) is 11.5 Å². The minimum absolute atomic E-state index is 0.220. The number of nitrogens with zero attached hydrogens (tertiary/aromatic N) is 1. The fourth-order valence-electron chi connectivity index (χ4n) is 2.10. The van der Waals surface area contributed by atoms with E-state index in [0.29, 0.717) is 6.42 Å². The van der Waals surface area contributed by atoms with Gasteiger partial charge in [-0.2, -0.15) is 0 Å². The van der Waals surface area contributed by atoms with Crippen molar-refractivity contribution in [3.8, 4) is 11.5 Å². The van der Waals surface area contributed by atoms with Crippen LogP contribution in [0, 0.1) is 0 Å². The SMILES string of the molecule is CCN(CCCC(=O)O)Cc1ccc2c(c1)OCO2. The topological polar surface area (TPSA) is 59.0 Å². The minimum Gasteiger partial charge on any atom is -0.481 e. The lowest BCUT2D eigenvalue weighted by Crippen LogP contribution is -2.24. The van der Waals surface area contributed by atoms with Crippen LogP contribution in [-0.4, -0.2) is 35.9 Å². The Balaban J connectivity index is 1.89. The highest BCUT2D eigenvalue weighted by molar-refractivity contribution is 5.66. The van der Waals surface area contributed by atoms with Gasteiger partial charge >= 0.3 is 5.97 Å². The third kappa shape index (κ3) is 3.86. The van der Waals surface area contributed by atoms with Crippen molar-refractivity contribution < 1.29 is 19.4 Å². The number of carboxylic acids is 1. The van der Waals surface area contributed by atoms with Gasteiger partial charge in [0.15, 0.2) is 11.5 Å². The van der Waals surface area contributed by atoms with Crippen LogP contribution in [0.25, 0.3) is 0 Å². The lowest BCUT2D eigenvalue weighted by molar-refractivity contribution is -0.137. The molecule has 0 fully saturated rings. The second-order valence-corrected chi connectivity index (χ2v) is 4.55. The quantitative estimate of drug-likeness (QED) is 0.818.